The Morgan fingerprint density at radius 1 is 0.842 bits per heavy atom. The number of ether oxygens (including phenoxy) is 3. The van der Waals surface area contributed by atoms with E-state index in [4.69, 9.17) is 14.2 Å². The zero-order chi connectivity index (χ0) is 26.9. The van der Waals surface area contributed by atoms with Crippen molar-refractivity contribution in [2.24, 2.45) is 5.10 Å². The molecule has 0 radical (unpaired) electrons. The van der Waals surface area contributed by atoms with Crippen molar-refractivity contribution >= 4 is 28.2 Å². The monoisotopic (exact) mass is 520 g/mol. The minimum Gasteiger partial charge on any atom is -0.494 e. The quantitative estimate of drug-likeness (QED) is 0.166. The van der Waals surface area contributed by atoms with E-state index < -0.39 is 11.2 Å². The molecule has 0 saturated heterocycles. The van der Waals surface area contributed by atoms with Crippen molar-refractivity contribution in [2.45, 2.75) is 58.3 Å². The summed E-state index contributed by atoms with van der Waals surface area (Å²) in [6, 6.07) is 10.8. The Kier molecular flexibility index (Phi) is 9.24. The summed E-state index contributed by atoms with van der Waals surface area (Å²) >= 11 is 0. The number of methoxy groups -OCH3 is 2. The lowest BCUT2D eigenvalue weighted by Gasteiger charge is -2.07. The maximum atomic E-state index is 13.1. The molecule has 0 spiro atoms. The summed E-state index contributed by atoms with van der Waals surface area (Å²) in [5, 5.41) is 4.78. The standard InChI is InChI=1S/C29H36N4O5/c1-4-5-6-7-8-9-10-11-16-38-21-14-12-20(13-15-21)19-30-33-28(34)27-26(32-29(33)35)22-17-24(36-2)25(37-3)18-23(22)31-27/h12-15,17-19,31H,4-11,16H2,1-3H3,(H,32,35)/b30-19-. The summed E-state index contributed by atoms with van der Waals surface area (Å²) in [5.74, 6) is 1.79. The molecule has 2 aromatic heterocycles. The summed E-state index contributed by atoms with van der Waals surface area (Å²) in [7, 11) is 3.06. The highest BCUT2D eigenvalue weighted by Gasteiger charge is 2.15. The molecule has 9 heteroatoms. The number of nitrogens with zero attached hydrogens (tertiary/aromatic N) is 2. The van der Waals surface area contributed by atoms with Crippen molar-refractivity contribution in [3.63, 3.8) is 0 Å². The molecule has 0 saturated carbocycles. The van der Waals surface area contributed by atoms with Gasteiger partial charge in [0.1, 0.15) is 11.3 Å². The van der Waals surface area contributed by atoms with Gasteiger partial charge in [-0.05, 0) is 42.3 Å². The highest BCUT2D eigenvalue weighted by atomic mass is 16.5. The van der Waals surface area contributed by atoms with Gasteiger partial charge in [-0.2, -0.15) is 5.10 Å². The van der Waals surface area contributed by atoms with Crippen LogP contribution in [-0.2, 0) is 0 Å². The molecule has 0 aliphatic heterocycles. The van der Waals surface area contributed by atoms with E-state index >= 15 is 0 Å². The molecule has 0 bridgehead atoms. The van der Waals surface area contributed by atoms with E-state index in [1.807, 2.05) is 24.3 Å². The maximum Gasteiger partial charge on any atom is 0.350 e. The Labute approximate surface area is 221 Å². The number of rotatable bonds is 14. The van der Waals surface area contributed by atoms with Crippen LogP contribution >= 0.6 is 0 Å². The Morgan fingerprint density at radius 3 is 2.18 bits per heavy atom. The summed E-state index contributed by atoms with van der Waals surface area (Å²) in [5.41, 5.74) is 0.799. The number of aromatic nitrogens is 3. The third-order valence-corrected chi connectivity index (χ3v) is 6.60. The van der Waals surface area contributed by atoms with Gasteiger partial charge in [-0.25, -0.2) is 4.79 Å². The van der Waals surface area contributed by atoms with Crippen LogP contribution in [0.2, 0.25) is 0 Å². The molecule has 0 aliphatic carbocycles. The van der Waals surface area contributed by atoms with Gasteiger partial charge in [0.05, 0.1) is 38.1 Å². The largest absolute Gasteiger partial charge is 0.494 e. The SMILES string of the molecule is CCCCCCCCCCOc1ccc(/C=N\n2c(=O)[nH]c3c([nH]c4cc(OC)c(OC)cc43)c2=O)cc1. The molecule has 4 aromatic rings. The van der Waals surface area contributed by atoms with E-state index in [-0.39, 0.29) is 5.52 Å². The van der Waals surface area contributed by atoms with Gasteiger partial charge in [0.15, 0.2) is 11.5 Å². The predicted octanol–water partition coefficient (Wildman–Crippen LogP) is 5.59. The number of nitrogens with one attached hydrogen (secondary N) is 2. The third-order valence-electron chi connectivity index (χ3n) is 6.60. The Bertz CT molecular complexity index is 1500. The maximum absolute atomic E-state index is 13.1. The Morgan fingerprint density at radius 2 is 1.50 bits per heavy atom. The van der Waals surface area contributed by atoms with E-state index in [0.717, 1.165) is 22.4 Å². The normalized spacial score (nSPS) is 11.6. The van der Waals surface area contributed by atoms with Crippen molar-refractivity contribution in [3.05, 3.63) is 62.8 Å². The fourth-order valence-corrected chi connectivity index (χ4v) is 4.47. The van der Waals surface area contributed by atoms with Gasteiger partial charge >= 0.3 is 11.2 Å². The first-order chi connectivity index (χ1) is 18.5. The third kappa shape index (κ3) is 6.27. The van der Waals surface area contributed by atoms with Gasteiger partial charge in [0.2, 0.25) is 0 Å². The van der Waals surface area contributed by atoms with Crippen LogP contribution in [0.1, 0.15) is 63.9 Å². The number of unbranched alkanes of at least 4 members (excludes halogenated alkanes) is 7. The van der Waals surface area contributed by atoms with E-state index in [2.05, 4.69) is 22.0 Å². The summed E-state index contributed by atoms with van der Waals surface area (Å²) in [6.45, 7) is 2.93. The van der Waals surface area contributed by atoms with Crippen LogP contribution in [0.4, 0.5) is 0 Å². The molecular formula is C29H36N4O5. The van der Waals surface area contributed by atoms with Gasteiger partial charge in [-0.15, -0.1) is 4.68 Å². The molecule has 0 amide bonds. The van der Waals surface area contributed by atoms with Crippen molar-refractivity contribution in [3.8, 4) is 17.2 Å². The number of hydrogen-bond donors (Lipinski definition) is 2. The minimum atomic E-state index is -0.639. The molecule has 9 nitrogen and oxygen atoms in total. The lowest BCUT2D eigenvalue weighted by Crippen LogP contribution is -2.32. The number of H-pyrrole nitrogens is 2. The molecule has 0 atom stereocenters. The highest BCUT2D eigenvalue weighted by Crippen LogP contribution is 2.34. The van der Waals surface area contributed by atoms with Crippen LogP contribution in [0, 0.1) is 0 Å². The molecule has 0 aliphatic rings. The molecule has 2 aromatic carbocycles. The minimum absolute atomic E-state index is 0.233. The van der Waals surface area contributed by atoms with Crippen molar-refractivity contribution in [1.82, 2.24) is 14.6 Å². The van der Waals surface area contributed by atoms with Crippen molar-refractivity contribution < 1.29 is 14.2 Å². The van der Waals surface area contributed by atoms with Gasteiger partial charge in [0.25, 0.3) is 0 Å². The van der Waals surface area contributed by atoms with Gasteiger partial charge in [0, 0.05) is 11.5 Å². The summed E-state index contributed by atoms with van der Waals surface area (Å²) in [6.07, 6.45) is 11.5. The molecule has 202 valence electrons. The van der Waals surface area contributed by atoms with Crippen LogP contribution in [0.25, 0.3) is 21.9 Å². The average molecular weight is 521 g/mol. The second-order valence-electron chi connectivity index (χ2n) is 9.31. The number of fused-ring (bicyclic) bond motifs is 3. The second kappa shape index (κ2) is 13.0. The van der Waals surface area contributed by atoms with Crippen molar-refractivity contribution in [1.29, 1.82) is 0 Å². The number of benzene rings is 2. The molecule has 0 fully saturated rings. The highest BCUT2D eigenvalue weighted by molar-refractivity contribution is 6.05. The molecule has 38 heavy (non-hydrogen) atoms. The van der Waals surface area contributed by atoms with E-state index in [9.17, 15) is 9.59 Å². The molecule has 4 rings (SSSR count). The smallest absolute Gasteiger partial charge is 0.350 e. The topological polar surface area (TPSA) is 111 Å². The van der Waals surface area contributed by atoms with Crippen LogP contribution in [-0.4, -0.2) is 41.7 Å². The first-order valence-corrected chi connectivity index (χ1v) is 13.3. The van der Waals surface area contributed by atoms with E-state index in [1.54, 1.807) is 12.1 Å². The van der Waals surface area contributed by atoms with Crippen LogP contribution in [0.3, 0.4) is 0 Å². The van der Waals surface area contributed by atoms with Gasteiger partial charge < -0.3 is 24.2 Å². The predicted molar refractivity (Wildman–Crippen MR) is 151 cm³/mol. The fourth-order valence-electron chi connectivity index (χ4n) is 4.47. The van der Waals surface area contributed by atoms with Crippen LogP contribution in [0.5, 0.6) is 17.2 Å². The first kappa shape index (κ1) is 27.0. The van der Waals surface area contributed by atoms with E-state index in [0.29, 0.717) is 34.5 Å². The fraction of sp³-hybridized carbons (Fsp3) is 0.414. The van der Waals surface area contributed by atoms with Gasteiger partial charge in [-0.1, -0.05) is 51.9 Å². The first-order valence-electron chi connectivity index (χ1n) is 13.3. The second-order valence-corrected chi connectivity index (χ2v) is 9.31. The molecule has 2 N–H and O–H groups in total. The lowest BCUT2D eigenvalue weighted by atomic mass is 10.1. The number of aromatic amines is 2. The van der Waals surface area contributed by atoms with Gasteiger partial charge in [-0.3, -0.25) is 4.79 Å². The molecular weight excluding hydrogens is 484 g/mol. The van der Waals surface area contributed by atoms with Crippen LogP contribution in [0.15, 0.2) is 51.1 Å². The molecule has 2 heterocycles. The van der Waals surface area contributed by atoms with Crippen LogP contribution < -0.4 is 25.5 Å². The summed E-state index contributed by atoms with van der Waals surface area (Å²) in [4.78, 5) is 31.6. The average Bonchev–Trinajstić information content (AvgIpc) is 3.29. The zero-order valence-corrected chi connectivity index (χ0v) is 22.3. The van der Waals surface area contributed by atoms with Crippen molar-refractivity contribution in [2.75, 3.05) is 20.8 Å². The number of hydrogen-bond acceptors (Lipinski definition) is 6. The Balaban J connectivity index is 1.40. The lowest BCUT2D eigenvalue weighted by molar-refractivity contribution is 0.304. The van der Waals surface area contributed by atoms with E-state index in [1.165, 1.54) is 65.4 Å². The summed E-state index contributed by atoms with van der Waals surface area (Å²) < 4.78 is 17.3. The zero-order valence-electron chi connectivity index (χ0n) is 22.3. The molecule has 0 unspecified atom stereocenters. The Hall–Kier alpha value is -4.01.